The van der Waals surface area contributed by atoms with Crippen molar-refractivity contribution in [3.63, 3.8) is 0 Å². The summed E-state index contributed by atoms with van der Waals surface area (Å²) in [5.41, 5.74) is 2.67. The Labute approximate surface area is 130 Å². The quantitative estimate of drug-likeness (QED) is 0.938. The lowest BCUT2D eigenvalue weighted by Gasteiger charge is -2.47. The maximum atomic E-state index is 10.3. The van der Waals surface area contributed by atoms with E-state index in [9.17, 15) is 5.11 Å². The van der Waals surface area contributed by atoms with Gasteiger partial charge in [-0.3, -0.25) is 4.98 Å². The summed E-state index contributed by atoms with van der Waals surface area (Å²) >= 11 is 0. The van der Waals surface area contributed by atoms with Crippen molar-refractivity contribution >= 4 is 5.82 Å². The summed E-state index contributed by atoms with van der Waals surface area (Å²) in [5, 5.41) is 10.3. The van der Waals surface area contributed by atoms with Crippen LogP contribution in [0.4, 0.5) is 5.82 Å². The fraction of sp³-hybridized carbons (Fsp3) is 0.471. The summed E-state index contributed by atoms with van der Waals surface area (Å²) in [5.74, 6) is 1.70. The van der Waals surface area contributed by atoms with E-state index in [0.29, 0.717) is 18.9 Å². The van der Waals surface area contributed by atoms with Gasteiger partial charge in [0, 0.05) is 30.5 Å². The van der Waals surface area contributed by atoms with E-state index in [2.05, 4.69) is 9.88 Å². The Bertz CT molecular complexity index is 695. The molecule has 0 radical (unpaired) electrons. The highest BCUT2D eigenvalue weighted by atomic mass is 16.3. The number of β-amino-alcohol motifs (C(OH)–C–C–N with tert-alkyl or cyclic N) is 1. The van der Waals surface area contributed by atoms with Gasteiger partial charge in [0.25, 0.3) is 0 Å². The standard InChI is InChI=1S/C17H20N4O/c1-2-17(22)10-21(11-17)16-12-6-5-8-13(12)19-15(20-16)14-7-3-4-9-18-14/h3-4,7,9,22H,2,5-6,8,10-11H2,1H3. The molecule has 1 N–H and O–H groups in total. The zero-order chi connectivity index (χ0) is 15.2. The largest absolute Gasteiger partial charge is 0.386 e. The Morgan fingerprint density at radius 3 is 2.82 bits per heavy atom. The summed E-state index contributed by atoms with van der Waals surface area (Å²) in [6.07, 6.45) is 5.73. The Hall–Kier alpha value is -2.01. The molecule has 2 aromatic rings. The summed E-state index contributed by atoms with van der Waals surface area (Å²) in [6.45, 7) is 3.35. The van der Waals surface area contributed by atoms with Crippen molar-refractivity contribution in [2.45, 2.75) is 38.2 Å². The first-order valence-electron chi connectivity index (χ1n) is 7.97. The highest BCUT2D eigenvalue weighted by molar-refractivity contribution is 5.60. The summed E-state index contributed by atoms with van der Waals surface area (Å²) in [7, 11) is 0. The van der Waals surface area contributed by atoms with Gasteiger partial charge in [-0.1, -0.05) is 13.0 Å². The van der Waals surface area contributed by atoms with Crippen LogP contribution in [-0.4, -0.2) is 38.7 Å². The third-order valence-electron chi connectivity index (χ3n) is 4.73. The normalized spacial score (nSPS) is 18.9. The van der Waals surface area contributed by atoms with Crippen LogP contribution < -0.4 is 4.90 Å². The fourth-order valence-electron chi connectivity index (χ4n) is 3.32. The molecule has 0 bridgehead atoms. The Kier molecular flexibility index (Phi) is 3.11. The molecule has 114 valence electrons. The van der Waals surface area contributed by atoms with E-state index < -0.39 is 5.60 Å². The van der Waals surface area contributed by atoms with E-state index in [1.807, 2.05) is 25.1 Å². The minimum absolute atomic E-state index is 0.554. The van der Waals surface area contributed by atoms with Crippen LogP contribution in [0.25, 0.3) is 11.5 Å². The number of hydrogen-bond donors (Lipinski definition) is 1. The van der Waals surface area contributed by atoms with Crippen LogP contribution in [0.3, 0.4) is 0 Å². The number of anilines is 1. The zero-order valence-electron chi connectivity index (χ0n) is 12.8. The third-order valence-corrected chi connectivity index (χ3v) is 4.73. The molecule has 0 saturated carbocycles. The van der Waals surface area contributed by atoms with E-state index in [0.717, 1.165) is 42.9 Å². The van der Waals surface area contributed by atoms with Crippen molar-refractivity contribution in [2.24, 2.45) is 0 Å². The van der Waals surface area contributed by atoms with E-state index in [1.165, 1.54) is 5.56 Å². The van der Waals surface area contributed by atoms with Crippen molar-refractivity contribution in [2.75, 3.05) is 18.0 Å². The summed E-state index contributed by atoms with van der Waals surface area (Å²) in [6, 6.07) is 5.80. The van der Waals surface area contributed by atoms with Crippen LogP contribution in [0.2, 0.25) is 0 Å². The van der Waals surface area contributed by atoms with Gasteiger partial charge in [-0.15, -0.1) is 0 Å². The molecular formula is C17H20N4O. The van der Waals surface area contributed by atoms with Crippen molar-refractivity contribution in [3.8, 4) is 11.5 Å². The van der Waals surface area contributed by atoms with Crippen molar-refractivity contribution in [3.05, 3.63) is 35.7 Å². The number of fused-ring (bicyclic) bond motifs is 1. The molecule has 1 saturated heterocycles. The van der Waals surface area contributed by atoms with Crippen molar-refractivity contribution < 1.29 is 5.11 Å². The van der Waals surface area contributed by atoms with E-state index in [1.54, 1.807) is 6.20 Å². The van der Waals surface area contributed by atoms with Crippen LogP contribution >= 0.6 is 0 Å². The van der Waals surface area contributed by atoms with Crippen LogP contribution in [0.15, 0.2) is 24.4 Å². The van der Waals surface area contributed by atoms with Crippen molar-refractivity contribution in [1.82, 2.24) is 15.0 Å². The van der Waals surface area contributed by atoms with Gasteiger partial charge in [0.1, 0.15) is 11.5 Å². The first kappa shape index (κ1) is 13.6. The number of aryl methyl sites for hydroxylation is 1. The third kappa shape index (κ3) is 2.16. The van der Waals surface area contributed by atoms with Gasteiger partial charge in [0.2, 0.25) is 0 Å². The van der Waals surface area contributed by atoms with Gasteiger partial charge in [0.05, 0.1) is 5.60 Å². The number of aromatic nitrogens is 3. The second-order valence-corrected chi connectivity index (χ2v) is 6.30. The van der Waals surface area contributed by atoms with Gasteiger partial charge in [-0.2, -0.15) is 0 Å². The number of hydrogen-bond acceptors (Lipinski definition) is 5. The highest BCUT2D eigenvalue weighted by Gasteiger charge is 2.41. The van der Waals surface area contributed by atoms with E-state index in [-0.39, 0.29) is 0 Å². The van der Waals surface area contributed by atoms with Crippen LogP contribution in [0.1, 0.15) is 31.0 Å². The molecule has 1 aliphatic carbocycles. The van der Waals surface area contributed by atoms with Crippen LogP contribution in [0, 0.1) is 0 Å². The molecule has 4 rings (SSSR count). The van der Waals surface area contributed by atoms with Gasteiger partial charge in [-0.25, -0.2) is 9.97 Å². The Morgan fingerprint density at radius 2 is 2.09 bits per heavy atom. The summed E-state index contributed by atoms with van der Waals surface area (Å²) in [4.78, 5) is 16.0. The molecule has 1 fully saturated rings. The smallest absolute Gasteiger partial charge is 0.180 e. The second kappa shape index (κ2) is 5.02. The van der Waals surface area contributed by atoms with Gasteiger partial charge in [-0.05, 0) is 37.8 Å². The maximum Gasteiger partial charge on any atom is 0.180 e. The molecule has 5 heteroatoms. The van der Waals surface area contributed by atoms with E-state index >= 15 is 0 Å². The van der Waals surface area contributed by atoms with Gasteiger partial charge < -0.3 is 10.0 Å². The lowest BCUT2D eigenvalue weighted by Crippen LogP contribution is -2.62. The molecule has 2 aliphatic rings. The Morgan fingerprint density at radius 1 is 1.23 bits per heavy atom. The average molecular weight is 296 g/mol. The molecule has 22 heavy (non-hydrogen) atoms. The van der Waals surface area contributed by atoms with Crippen LogP contribution in [0.5, 0.6) is 0 Å². The average Bonchev–Trinajstić information content (AvgIpc) is 3.00. The minimum atomic E-state index is -0.554. The number of aliphatic hydroxyl groups is 1. The molecule has 3 heterocycles. The lowest BCUT2D eigenvalue weighted by atomic mass is 9.91. The minimum Gasteiger partial charge on any atom is -0.386 e. The molecule has 2 aromatic heterocycles. The molecule has 0 amide bonds. The Balaban J connectivity index is 1.74. The van der Waals surface area contributed by atoms with E-state index in [4.69, 9.17) is 9.97 Å². The first-order valence-corrected chi connectivity index (χ1v) is 7.97. The van der Waals surface area contributed by atoms with Crippen molar-refractivity contribution in [1.29, 1.82) is 0 Å². The number of pyridine rings is 1. The predicted octanol–water partition coefficient (Wildman–Crippen LogP) is 1.99. The second-order valence-electron chi connectivity index (χ2n) is 6.30. The fourth-order valence-corrected chi connectivity index (χ4v) is 3.32. The highest BCUT2D eigenvalue weighted by Crippen LogP contribution is 2.36. The molecule has 0 unspecified atom stereocenters. The molecule has 5 nitrogen and oxygen atoms in total. The monoisotopic (exact) mass is 296 g/mol. The predicted molar refractivity (Wildman–Crippen MR) is 84.7 cm³/mol. The molecule has 0 spiro atoms. The topological polar surface area (TPSA) is 62.1 Å². The summed E-state index contributed by atoms with van der Waals surface area (Å²) < 4.78 is 0. The SMILES string of the molecule is CCC1(O)CN(c2nc(-c3ccccn3)nc3c2CCC3)C1. The van der Waals surface area contributed by atoms with Crippen LogP contribution in [-0.2, 0) is 12.8 Å². The lowest BCUT2D eigenvalue weighted by molar-refractivity contribution is 0.00797. The number of nitrogens with zero attached hydrogens (tertiary/aromatic N) is 4. The molecule has 1 aliphatic heterocycles. The van der Waals surface area contributed by atoms with Gasteiger partial charge in [0.15, 0.2) is 5.82 Å². The van der Waals surface area contributed by atoms with Gasteiger partial charge >= 0.3 is 0 Å². The molecular weight excluding hydrogens is 276 g/mol. The number of rotatable bonds is 3. The molecule has 0 atom stereocenters. The first-order chi connectivity index (χ1) is 10.7. The zero-order valence-corrected chi connectivity index (χ0v) is 12.8. The molecule has 0 aromatic carbocycles. The maximum absolute atomic E-state index is 10.3.